The number of furan rings is 1. The normalized spacial score (nSPS) is 18.1. The van der Waals surface area contributed by atoms with Gasteiger partial charge < -0.3 is 19.2 Å². The number of carbonyl (C=O) groups is 2. The first kappa shape index (κ1) is 20.4. The molecule has 1 saturated heterocycles. The van der Waals surface area contributed by atoms with Crippen molar-refractivity contribution in [1.82, 2.24) is 4.90 Å². The molecule has 1 N–H and O–H groups in total. The number of carbonyl (C=O) groups excluding carboxylic acids is 1. The van der Waals surface area contributed by atoms with Crippen molar-refractivity contribution in [2.75, 3.05) is 26.3 Å². The van der Waals surface area contributed by atoms with E-state index in [1.54, 1.807) is 35.6 Å². The van der Waals surface area contributed by atoms with E-state index in [0.717, 1.165) is 47.9 Å². The SMILES string of the molecule is O=C(O)c1cc(C=CC(=O)N2CCOCC2)c(-c2ccoc2)c(C2CCCCC2)c1. The van der Waals surface area contributed by atoms with E-state index in [1.165, 1.54) is 6.42 Å². The lowest BCUT2D eigenvalue weighted by Gasteiger charge is -2.26. The standard InChI is InChI=1S/C24H27NO5/c26-22(25-9-12-29-13-10-25)7-6-18-14-20(24(27)28)15-21(17-4-2-1-3-5-17)23(18)19-8-11-30-16-19/h6-8,11,14-17H,1-5,9-10,12-13H2,(H,27,28). The predicted octanol–water partition coefficient (Wildman–Crippen LogP) is 4.56. The van der Waals surface area contributed by atoms with E-state index in [1.807, 2.05) is 12.1 Å². The molecule has 1 aromatic heterocycles. The van der Waals surface area contributed by atoms with Crippen LogP contribution in [0.2, 0.25) is 0 Å². The zero-order valence-corrected chi connectivity index (χ0v) is 17.0. The predicted molar refractivity (Wildman–Crippen MR) is 113 cm³/mol. The number of morpholine rings is 1. The van der Waals surface area contributed by atoms with Crippen LogP contribution >= 0.6 is 0 Å². The second-order valence-corrected chi connectivity index (χ2v) is 7.95. The molecule has 30 heavy (non-hydrogen) atoms. The Kier molecular flexibility index (Phi) is 6.33. The molecule has 1 aliphatic heterocycles. The van der Waals surface area contributed by atoms with Gasteiger partial charge in [0.2, 0.25) is 5.91 Å². The highest BCUT2D eigenvalue weighted by atomic mass is 16.5. The molecule has 2 aliphatic rings. The highest BCUT2D eigenvalue weighted by molar-refractivity contribution is 5.96. The number of ether oxygens (including phenoxy) is 1. The molecule has 6 heteroatoms. The second-order valence-electron chi connectivity index (χ2n) is 7.95. The molecule has 1 amide bonds. The summed E-state index contributed by atoms with van der Waals surface area (Å²) in [5, 5.41) is 9.70. The highest BCUT2D eigenvalue weighted by Gasteiger charge is 2.24. The van der Waals surface area contributed by atoms with Gasteiger partial charge in [-0.3, -0.25) is 4.79 Å². The monoisotopic (exact) mass is 409 g/mol. The van der Waals surface area contributed by atoms with Crippen LogP contribution < -0.4 is 0 Å². The van der Waals surface area contributed by atoms with Crippen molar-refractivity contribution in [3.63, 3.8) is 0 Å². The summed E-state index contributed by atoms with van der Waals surface area (Å²) in [5.74, 6) is -0.735. The number of amides is 1. The Morgan fingerprint density at radius 2 is 1.87 bits per heavy atom. The summed E-state index contributed by atoms with van der Waals surface area (Å²) in [6, 6.07) is 5.35. The number of nitrogens with zero attached hydrogens (tertiary/aromatic N) is 1. The maximum Gasteiger partial charge on any atom is 0.335 e. The van der Waals surface area contributed by atoms with Gasteiger partial charge in [0.25, 0.3) is 0 Å². The van der Waals surface area contributed by atoms with E-state index in [2.05, 4.69) is 0 Å². The van der Waals surface area contributed by atoms with Gasteiger partial charge in [-0.05, 0) is 59.7 Å². The van der Waals surface area contributed by atoms with Crippen LogP contribution in [0.4, 0.5) is 0 Å². The minimum atomic E-state index is -0.958. The molecule has 0 bridgehead atoms. The maximum absolute atomic E-state index is 12.6. The lowest BCUT2D eigenvalue weighted by Crippen LogP contribution is -2.39. The van der Waals surface area contributed by atoms with Gasteiger partial charge in [-0.2, -0.15) is 0 Å². The van der Waals surface area contributed by atoms with E-state index in [0.29, 0.717) is 32.2 Å². The van der Waals surface area contributed by atoms with Gasteiger partial charge in [-0.15, -0.1) is 0 Å². The molecule has 0 radical (unpaired) electrons. The Morgan fingerprint density at radius 3 is 2.53 bits per heavy atom. The fourth-order valence-electron chi connectivity index (χ4n) is 4.47. The molecular formula is C24H27NO5. The van der Waals surface area contributed by atoms with Gasteiger partial charge >= 0.3 is 5.97 Å². The minimum absolute atomic E-state index is 0.0867. The number of carboxylic acids is 1. The third-order valence-corrected chi connectivity index (χ3v) is 6.03. The Hall–Kier alpha value is -2.86. The van der Waals surface area contributed by atoms with Crippen molar-refractivity contribution in [2.24, 2.45) is 0 Å². The van der Waals surface area contributed by atoms with E-state index in [9.17, 15) is 14.7 Å². The van der Waals surface area contributed by atoms with Crippen molar-refractivity contribution in [3.05, 3.63) is 53.5 Å². The summed E-state index contributed by atoms with van der Waals surface area (Å²) in [6.45, 7) is 2.22. The molecule has 158 valence electrons. The lowest BCUT2D eigenvalue weighted by molar-refractivity contribution is -0.129. The second kappa shape index (κ2) is 9.30. The lowest BCUT2D eigenvalue weighted by atomic mass is 9.79. The van der Waals surface area contributed by atoms with Crippen molar-refractivity contribution < 1.29 is 23.8 Å². The van der Waals surface area contributed by atoms with Crippen LogP contribution in [0.15, 0.2) is 41.2 Å². The zero-order valence-electron chi connectivity index (χ0n) is 17.0. The fraction of sp³-hybridized carbons (Fsp3) is 0.417. The van der Waals surface area contributed by atoms with Crippen LogP contribution in [-0.4, -0.2) is 48.2 Å². The molecule has 2 aromatic rings. The van der Waals surface area contributed by atoms with Gasteiger partial charge in [0, 0.05) is 24.7 Å². The number of hydrogen-bond acceptors (Lipinski definition) is 4. The molecule has 0 spiro atoms. The molecule has 1 aromatic carbocycles. The van der Waals surface area contributed by atoms with Gasteiger partial charge in [0.1, 0.15) is 0 Å². The highest BCUT2D eigenvalue weighted by Crippen LogP contribution is 2.41. The van der Waals surface area contributed by atoms with E-state index in [4.69, 9.17) is 9.15 Å². The van der Waals surface area contributed by atoms with Gasteiger partial charge in [0.05, 0.1) is 31.3 Å². The van der Waals surface area contributed by atoms with Crippen molar-refractivity contribution in [3.8, 4) is 11.1 Å². The number of rotatable bonds is 5. The van der Waals surface area contributed by atoms with E-state index in [-0.39, 0.29) is 11.5 Å². The van der Waals surface area contributed by atoms with E-state index < -0.39 is 5.97 Å². The van der Waals surface area contributed by atoms with E-state index >= 15 is 0 Å². The summed E-state index contributed by atoms with van der Waals surface area (Å²) in [7, 11) is 0. The van der Waals surface area contributed by atoms with Crippen LogP contribution in [0.25, 0.3) is 17.2 Å². The number of hydrogen-bond donors (Lipinski definition) is 1. The quantitative estimate of drug-likeness (QED) is 0.732. The van der Waals surface area contributed by atoms with Crippen molar-refractivity contribution in [2.45, 2.75) is 38.0 Å². The fourth-order valence-corrected chi connectivity index (χ4v) is 4.47. The molecular weight excluding hydrogens is 382 g/mol. The van der Waals surface area contributed by atoms with Gasteiger partial charge in [-0.1, -0.05) is 19.3 Å². The van der Waals surface area contributed by atoms with Gasteiger partial charge in [-0.25, -0.2) is 4.79 Å². The Labute approximate surface area is 176 Å². The molecule has 0 unspecified atom stereocenters. The maximum atomic E-state index is 12.6. The molecule has 0 atom stereocenters. The number of carboxylic acid groups (broad SMARTS) is 1. The summed E-state index contributed by atoms with van der Waals surface area (Å²) in [5.41, 5.74) is 3.90. The summed E-state index contributed by atoms with van der Waals surface area (Å²) in [6.07, 6.45) is 12.2. The first-order chi connectivity index (χ1) is 14.6. The summed E-state index contributed by atoms with van der Waals surface area (Å²) in [4.78, 5) is 26.2. The molecule has 6 nitrogen and oxygen atoms in total. The third kappa shape index (κ3) is 4.49. The van der Waals surface area contributed by atoms with Gasteiger partial charge in [0.15, 0.2) is 0 Å². The molecule has 2 fully saturated rings. The van der Waals surface area contributed by atoms with Crippen LogP contribution in [0.3, 0.4) is 0 Å². The molecule has 4 rings (SSSR count). The average molecular weight is 409 g/mol. The Bertz CT molecular complexity index is 919. The van der Waals surface area contributed by atoms with Crippen molar-refractivity contribution in [1.29, 1.82) is 0 Å². The largest absolute Gasteiger partial charge is 0.478 e. The van der Waals surface area contributed by atoms with Crippen LogP contribution in [0, 0.1) is 0 Å². The first-order valence-corrected chi connectivity index (χ1v) is 10.6. The number of benzene rings is 1. The van der Waals surface area contributed by atoms with Crippen LogP contribution in [0.5, 0.6) is 0 Å². The summed E-state index contributed by atoms with van der Waals surface area (Å²) < 4.78 is 10.6. The smallest absolute Gasteiger partial charge is 0.335 e. The Balaban J connectivity index is 1.77. The average Bonchev–Trinajstić information content (AvgIpc) is 3.32. The third-order valence-electron chi connectivity index (χ3n) is 6.03. The molecule has 1 saturated carbocycles. The summed E-state index contributed by atoms with van der Waals surface area (Å²) >= 11 is 0. The minimum Gasteiger partial charge on any atom is -0.478 e. The number of aromatic carboxylic acids is 1. The van der Waals surface area contributed by atoms with Crippen LogP contribution in [-0.2, 0) is 9.53 Å². The topological polar surface area (TPSA) is 80.0 Å². The molecule has 2 heterocycles. The first-order valence-electron chi connectivity index (χ1n) is 10.6. The van der Waals surface area contributed by atoms with Crippen LogP contribution in [0.1, 0.15) is 59.5 Å². The Morgan fingerprint density at radius 1 is 1.10 bits per heavy atom. The molecule has 1 aliphatic carbocycles. The van der Waals surface area contributed by atoms with Crippen molar-refractivity contribution >= 4 is 18.0 Å². The zero-order chi connectivity index (χ0) is 20.9.